The first-order valence-corrected chi connectivity index (χ1v) is 8.20. The summed E-state index contributed by atoms with van der Waals surface area (Å²) in [6.07, 6.45) is 3.00. The van der Waals surface area contributed by atoms with Crippen LogP contribution in [-0.2, 0) is 14.3 Å². The fourth-order valence-electron chi connectivity index (χ4n) is 3.44. The van der Waals surface area contributed by atoms with Crippen LogP contribution in [0.2, 0.25) is 0 Å². The van der Waals surface area contributed by atoms with Gasteiger partial charge in [-0.15, -0.1) is 0 Å². The average Bonchev–Trinajstić information content (AvgIpc) is 2.51. The van der Waals surface area contributed by atoms with Crippen molar-refractivity contribution in [2.45, 2.75) is 39.0 Å². The first kappa shape index (κ1) is 16.5. The third kappa shape index (κ3) is 3.28. The van der Waals surface area contributed by atoms with Gasteiger partial charge in [0.1, 0.15) is 18.1 Å². The molecular formula is C20H22O4. The Labute approximate surface area is 142 Å². The summed E-state index contributed by atoms with van der Waals surface area (Å²) in [5, 5.41) is 0. The van der Waals surface area contributed by atoms with Crippen LogP contribution in [0.4, 0.5) is 0 Å². The summed E-state index contributed by atoms with van der Waals surface area (Å²) in [6, 6.07) is 7.55. The van der Waals surface area contributed by atoms with Crippen molar-refractivity contribution in [3.63, 3.8) is 0 Å². The Hall–Kier alpha value is -2.36. The van der Waals surface area contributed by atoms with E-state index in [9.17, 15) is 9.59 Å². The first-order chi connectivity index (χ1) is 11.4. The number of Topliss-reactive ketones (excluding diaryl/α,β-unsaturated/α-hetero) is 1. The van der Waals surface area contributed by atoms with Crippen LogP contribution in [0.1, 0.15) is 44.6 Å². The van der Waals surface area contributed by atoms with Crippen molar-refractivity contribution >= 4 is 11.8 Å². The molecule has 1 aliphatic heterocycles. The Morgan fingerprint density at radius 2 is 1.96 bits per heavy atom. The van der Waals surface area contributed by atoms with Crippen molar-refractivity contribution in [2.75, 3.05) is 6.61 Å². The molecule has 126 valence electrons. The third-order valence-corrected chi connectivity index (χ3v) is 4.49. The van der Waals surface area contributed by atoms with Gasteiger partial charge in [-0.05, 0) is 23.1 Å². The minimum atomic E-state index is -0.267. The van der Waals surface area contributed by atoms with Crippen LogP contribution in [0.25, 0.3) is 0 Å². The predicted molar refractivity (Wildman–Crippen MR) is 90.6 cm³/mol. The van der Waals surface area contributed by atoms with E-state index in [1.54, 1.807) is 6.08 Å². The van der Waals surface area contributed by atoms with Crippen molar-refractivity contribution < 1.29 is 19.1 Å². The molecule has 0 aromatic heterocycles. The van der Waals surface area contributed by atoms with E-state index in [1.165, 1.54) is 0 Å². The second-order valence-corrected chi connectivity index (χ2v) is 7.18. The summed E-state index contributed by atoms with van der Waals surface area (Å²) in [5.74, 6) is 0.895. The number of benzene rings is 1. The van der Waals surface area contributed by atoms with Crippen molar-refractivity contribution in [3.8, 4) is 5.75 Å². The zero-order chi connectivity index (χ0) is 17.3. The molecule has 4 nitrogen and oxygen atoms in total. The zero-order valence-electron chi connectivity index (χ0n) is 14.1. The van der Waals surface area contributed by atoms with Gasteiger partial charge in [-0.25, -0.2) is 0 Å². The molecule has 1 aromatic rings. The highest BCUT2D eigenvalue weighted by atomic mass is 16.5. The molecule has 4 heteroatoms. The van der Waals surface area contributed by atoms with E-state index in [1.807, 2.05) is 38.1 Å². The number of ketones is 1. The Balaban J connectivity index is 1.93. The Morgan fingerprint density at radius 3 is 2.62 bits per heavy atom. The molecule has 24 heavy (non-hydrogen) atoms. The van der Waals surface area contributed by atoms with Crippen molar-refractivity contribution in [3.05, 3.63) is 53.8 Å². The van der Waals surface area contributed by atoms with E-state index in [4.69, 9.17) is 9.47 Å². The number of hydrogen-bond donors (Lipinski definition) is 0. The standard InChI is InChI=1S/C20H22O4/c1-4-9-23-14-7-5-13(6-8-14)15-10-18(22)24-17-12-20(2,3)11-16(21)19(15)17/h4-8,15H,1,9-12H2,2-3H3/t15-/m0/s1. The molecule has 1 aliphatic carbocycles. The molecule has 0 saturated carbocycles. The number of allylic oxidation sites excluding steroid dienone is 2. The van der Waals surface area contributed by atoms with Crippen LogP contribution in [-0.4, -0.2) is 18.4 Å². The minimum Gasteiger partial charge on any atom is -0.490 e. The topological polar surface area (TPSA) is 52.6 Å². The van der Waals surface area contributed by atoms with Gasteiger partial charge >= 0.3 is 5.97 Å². The molecular weight excluding hydrogens is 304 g/mol. The Kier molecular flexibility index (Phi) is 4.31. The molecule has 2 aliphatic rings. The van der Waals surface area contributed by atoms with Gasteiger partial charge < -0.3 is 9.47 Å². The van der Waals surface area contributed by atoms with Gasteiger partial charge in [0.15, 0.2) is 5.78 Å². The Morgan fingerprint density at radius 1 is 1.25 bits per heavy atom. The summed E-state index contributed by atoms with van der Waals surface area (Å²) >= 11 is 0. The highest BCUT2D eigenvalue weighted by Gasteiger charge is 2.42. The molecule has 0 radical (unpaired) electrons. The highest BCUT2D eigenvalue weighted by molar-refractivity contribution is 6.00. The molecule has 1 heterocycles. The van der Waals surface area contributed by atoms with Gasteiger partial charge in [-0.2, -0.15) is 0 Å². The number of ether oxygens (including phenoxy) is 2. The maximum atomic E-state index is 12.7. The fourth-order valence-corrected chi connectivity index (χ4v) is 3.44. The van der Waals surface area contributed by atoms with Crippen LogP contribution in [0, 0.1) is 5.41 Å². The molecule has 0 unspecified atom stereocenters. The minimum absolute atomic E-state index is 0.0886. The number of esters is 1. The largest absolute Gasteiger partial charge is 0.490 e. The molecule has 0 spiro atoms. The number of rotatable bonds is 4. The average molecular weight is 326 g/mol. The number of hydrogen-bond acceptors (Lipinski definition) is 4. The summed E-state index contributed by atoms with van der Waals surface area (Å²) in [7, 11) is 0. The van der Waals surface area contributed by atoms with Crippen molar-refractivity contribution in [1.29, 1.82) is 0 Å². The lowest BCUT2D eigenvalue weighted by atomic mass is 9.71. The van der Waals surface area contributed by atoms with Gasteiger partial charge in [-0.1, -0.05) is 38.6 Å². The Bertz CT molecular complexity index is 710. The van der Waals surface area contributed by atoms with Gasteiger partial charge in [0, 0.05) is 24.3 Å². The van der Waals surface area contributed by atoms with Gasteiger partial charge in [0.25, 0.3) is 0 Å². The van der Waals surface area contributed by atoms with Gasteiger partial charge in [0.05, 0.1) is 6.42 Å². The predicted octanol–water partition coefficient (Wildman–Crippen LogP) is 3.93. The van der Waals surface area contributed by atoms with Crippen LogP contribution >= 0.6 is 0 Å². The van der Waals surface area contributed by atoms with E-state index in [-0.39, 0.29) is 29.5 Å². The molecule has 0 fully saturated rings. The van der Waals surface area contributed by atoms with E-state index in [2.05, 4.69) is 6.58 Å². The van der Waals surface area contributed by atoms with E-state index in [0.717, 1.165) is 11.3 Å². The maximum absolute atomic E-state index is 12.7. The second-order valence-electron chi connectivity index (χ2n) is 7.18. The summed E-state index contributed by atoms with van der Waals surface area (Å²) in [4.78, 5) is 24.7. The smallest absolute Gasteiger partial charge is 0.311 e. The fraction of sp³-hybridized carbons (Fsp3) is 0.400. The molecule has 0 amide bonds. The van der Waals surface area contributed by atoms with E-state index < -0.39 is 0 Å². The lowest BCUT2D eigenvalue weighted by molar-refractivity contribution is -0.142. The SMILES string of the molecule is C=CCOc1ccc([C@@H]2CC(=O)OC3=C2C(=O)CC(C)(C)C3)cc1. The first-order valence-electron chi connectivity index (χ1n) is 8.20. The molecule has 3 rings (SSSR count). The van der Waals surface area contributed by atoms with Crippen LogP contribution in [0.3, 0.4) is 0 Å². The normalized spacial score (nSPS) is 22.7. The van der Waals surface area contributed by atoms with E-state index >= 15 is 0 Å². The number of carbonyl (C=O) groups excluding carboxylic acids is 2. The van der Waals surface area contributed by atoms with Crippen LogP contribution in [0.15, 0.2) is 48.3 Å². The monoisotopic (exact) mass is 326 g/mol. The summed E-state index contributed by atoms with van der Waals surface area (Å²) in [5.41, 5.74) is 1.45. The van der Waals surface area contributed by atoms with Crippen molar-refractivity contribution in [2.24, 2.45) is 5.41 Å². The summed E-state index contributed by atoms with van der Waals surface area (Å²) in [6.45, 7) is 8.11. The molecule has 0 N–H and O–H groups in total. The highest BCUT2D eigenvalue weighted by Crippen LogP contribution is 2.45. The molecule has 1 atom stereocenters. The molecule has 0 bridgehead atoms. The quantitative estimate of drug-likeness (QED) is 0.621. The van der Waals surface area contributed by atoms with Crippen LogP contribution in [0.5, 0.6) is 5.75 Å². The van der Waals surface area contributed by atoms with Gasteiger partial charge in [0.2, 0.25) is 0 Å². The van der Waals surface area contributed by atoms with E-state index in [0.29, 0.717) is 30.8 Å². The molecule has 1 aromatic carbocycles. The lowest BCUT2D eigenvalue weighted by Gasteiger charge is -2.36. The second kappa shape index (κ2) is 6.27. The molecule has 0 saturated heterocycles. The lowest BCUT2D eigenvalue weighted by Crippen LogP contribution is -2.33. The van der Waals surface area contributed by atoms with Gasteiger partial charge in [-0.3, -0.25) is 9.59 Å². The summed E-state index contributed by atoms with van der Waals surface area (Å²) < 4.78 is 10.9. The zero-order valence-corrected chi connectivity index (χ0v) is 14.1. The number of carbonyl (C=O) groups is 2. The maximum Gasteiger partial charge on any atom is 0.311 e. The van der Waals surface area contributed by atoms with Crippen molar-refractivity contribution in [1.82, 2.24) is 0 Å². The van der Waals surface area contributed by atoms with Crippen LogP contribution < -0.4 is 4.74 Å². The third-order valence-electron chi connectivity index (χ3n) is 4.49.